The van der Waals surface area contributed by atoms with E-state index in [0.717, 1.165) is 25.7 Å². The number of nitrogens with one attached hydrogen (secondary N) is 1. The Labute approximate surface area is 141 Å². The molecule has 0 fully saturated rings. The zero-order chi connectivity index (χ0) is 15.7. The fourth-order valence-corrected chi connectivity index (χ4v) is 2.22. The zero-order valence-corrected chi connectivity index (χ0v) is 14.8. The summed E-state index contributed by atoms with van der Waals surface area (Å²) in [5.41, 5.74) is 5.18. The van der Waals surface area contributed by atoms with Crippen LogP contribution in [0.15, 0.2) is 24.3 Å². The quantitative estimate of drug-likeness (QED) is 0.711. The van der Waals surface area contributed by atoms with Crippen LogP contribution in [0.3, 0.4) is 0 Å². The van der Waals surface area contributed by atoms with Gasteiger partial charge in [-0.25, -0.2) is 4.79 Å². The summed E-state index contributed by atoms with van der Waals surface area (Å²) in [5.74, 6) is 0. The molecule has 3 N–H and O–H groups in total. The minimum absolute atomic E-state index is 0. The van der Waals surface area contributed by atoms with Gasteiger partial charge >= 0.3 is 6.09 Å². The van der Waals surface area contributed by atoms with Gasteiger partial charge in [-0.05, 0) is 59.3 Å². The third-order valence-electron chi connectivity index (χ3n) is 3.30. The minimum atomic E-state index is -0.408. The average Bonchev–Trinajstić information content (AvgIpc) is 2.39. The van der Waals surface area contributed by atoms with E-state index in [0.29, 0.717) is 6.04 Å². The van der Waals surface area contributed by atoms with E-state index >= 15 is 0 Å². The van der Waals surface area contributed by atoms with Crippen molar-refractivity contribution in [3.05, 3.63) is 24.3 Å². The second-order valence-electron chi connectivity index (χ2n) is 6.67. The van der Waals surface area contributed by atoms with Crippen LogP contribution in [0.4, 0.5) is 4.79 Å². The number of hydrogen-bond acceptors (Lipinski definition) is 3. The van der Waals surface area contributed by atoms with Gasteiger partial charge in [0.2, 0.25) is 0 Å². The van der Waals surface area contributed by atoms with Crippen molar-refractivity contribution in [1.29, 1.82) is 0 Å². The highest BCUT2D eigenvalue weighted by Gasteiger charge is 2.19. The molecule has 0 radical (unpaired) electrons. The Kier molecular flexibility index (Phi) is 10.2. The molecule has 4 nitrogen and oxygen atoms in total. The summed E-state index contributed by atoms with van der Waals surface area (Å²) >= 11 is 0. The lowest BCUT2D eigenvalue weighted by molar-refractivity contribution is 0.0501. The smallest absolute Gasteiger partial charge is 0.407 e. The maximum atomic E-state index is 11.4. The van der Waals surface area contributed by atoms with Gasteiger partial charge in [0.05, 0.1) is 0 Å². The molecular formula is C17H31ClN2O2. The van der Waals surface area contributed by atoms with Crippen molar-refractivity contribution < 1.29 is 9.53 Å². The monoisotopic (exact) mass is 330 g/mol. The summed E-state index contributed by atoms with van der Waals surface area (Å²) in [4.78, 5) is 11.4. The van der Waals surface area contributed by atoms with Gasteiger partial charge in [0.1, 0.15) is 5.60 Å². The summed E-state index contributed by atoms with van der Waals surface area (Å²) in [5, 5.41) is 2.86. The summed E-state index contributed by atoms with van der Waals surface area (Å²) in [6, 6.07) is 0.694. The molecule has 22 heavy (non-hydrogen) atoms. The first-order chi connectivity index (χ1) is 9.87. The van der Waals surface area contributed by atoms with Gasteiger partial charge in [0.25, 0.3) is 0 Å². The molecule has 128 valence electrons. The van der Waals surface area contributed by atoms with Crippen LogP contribution in [-0.4, -0.2) is 23.8 Å². The second kappa shape index (κ2) is 10.7. The van der Waals surface area contributed by atoms with Gasteiger partial charge in [-0.1, -0.05) is 24.3 Å². The minimum Gasteiger partial charge on any atom is -0.444 e. The molecule has 2 atom stereocenters. The molecule has 0 saturated heterocycles. The van der Waals surface area contributed by atoms with Crippen molar-refractivity contribution in [1.82, 2.24) is 5.32 Å². The maximum Gasteiger partial charge on any atom is 0.407 e. The van der Waals surface area contributed by atoms with Crippen LogP contribution < -0.4 is 11.1 Å². The Balaban J connectivity index is 0.000000465. The van der Waals surface area contributed by atoms with E-state index in [9.17, 15) is 4.79 Å². The molecule has 0 aliphatic heterocycles. The number of halogens is 1. The highest BCUT2D eigenvalue weighted by molar-refractivity contribution is 5.85. The Morgan fingerprint density at radius 1 is 1.09 bits per heavy atom. The molecule has 0 bridgehead atoms. The molecule has 0 aromatic carbocycles. The number of hydrogen-bond donors (Lipinski definition) is 2. The van der Waals surface area contributed by atoms with Gasteiger partial charge in [-0.2, -0.15) is 0 Å². The number of ether oxygens (including phenoxy) is 1. The third-order valence-corrected chi connectivity index (χ3v) is 3.30. The number of carbonyl (C=O) groups is 1. The van der Waals surface area contributed by atoms with Gasteiger partial charge in [-0.3, -0.25) is 0 Å². The molecule has 2 rings (SSSR count). The molecular weight excluding hydrogens is 300 g/mol. The Bertz CT molecular complexity index is 375. The van der Waals surface area contributed by atoms with Gasteiger partial charge in [0.15, 0.2) is 0 Å². The molecule has 0 unspecified atom stereocenters. The van der Waals surface area contributed by atoms with Crippen LogP contribution in [0, 0.1) is 0 Å². The molecule has 0 aromatic rings. The predicted molar refractivity (Wildman–Crippen MR) is 94.4 cm³/mol. The first kappa shape index (κ1) is 21.0. The number of nitrogens with two attached hydrogens (primary N) is 1. The molecule has 0 spiro atoms. The van der Waals surface area contributed by atoms with Crippen molar-refractivity contribution in [3.8, 4) is 0 Å². The van der Waals surface area contributed by atoms with Gasteiger partial charge in [-0.15, -0.1) is 12.4 Å². The Morgan fingerprint density at radius 2 is 1.68 bits per heavy atom. The van der Waals surface area contributed by atoms with Gasteiger partial charge < -0.3 is 15.8 Å². The number of allylic oxidation sites excluding steroid dienone is 2. The number of rotatable bonds is 1. The Hall–Kier alpha value is -1.00. The van der Waals surface area contributed by atoms with Crippen LogP contribution in [0.25, 0.3) is 0 Å². The van der Waals surface area contributed by atoms with Crippen LogP contribution in [0.5, 0.6) is 0 Å². The van der Waals surface area contributed by atoms with Crippen molar-refractivity contribution in [2.75, 3.05) is 0 Å². The molecule has 1 amide bonds. The number of amides is 1. The van der Waals surface area contributed by atoms with Crippen molar-refractivity contribution >= 4 is 18.5 Å². The topological polar surface area (TPSA) is 64.3 Å². The normalized spacial score (nSPS) is 23.6. The molecule has 0 heterocycles. The zero-order valence-electron chi connectivity index (χ0n) is 14.0. The highest BCUT2D eigenvalue weighted by Crippen LogP contribution is 2.12. The largest absolute Gasteiger partial charge is 0.444 e. The molecule has 0 saturated carbocycles. The van der Waals surface area contributed by atoms with E-state index in [1.165, 1.54) is 12.8 Å². The van der Waals surface area contributed by atoms with E-state index in [1.807, 2.05) is 20.8 Å². The summed E-state index contributed by atoms with van der Waals surface area (Å²) in [6.45, 7) is 5.61. The molecule has 2 aliphatic rings. The van der Waals surface area contributed by atoms with E-state index in [4.69, 9.17) is 10.5 Å². The second-order valence-corrected chi connectivity index (χ2v) is 6.67. The third kappa shape index (κ3) is 10.7. The van der Waals surface area contributed by atoms with E-state index in [2.05, 4.69) is 29.6 Å². The van der Waals surface area contributed by atoms with Crippen LogP contribution in [-0.2, 0) is 4.74 Å². The Morgan fingerprint density at radius 3 is 2.05 bits per heavy atom. The SMILES string of the molecule is CC(C)(C)OC(=O)N[C@H]1CC=CCC1.Cl.N[C@H]1CC=CCC1. The van der Waals surface area contributed by atoms with E-state index in [1.54, 1.807) is 0 Å². The summed E-state index contributed by atoms with van der Waals surface area (Å²) in [6.07, 6.45) is 14.7. The van der Waals surface area contributed by atoms with Crippen LogP contribution >= 0.6 is 12.4 Å². The molecule has 0 aromatic heterocycles. The number of alkyl carbamates (subject to hydrolysis) is 1. The summed E-state index contributed by atoms with van der Waals surface area (Å²) in [7, 11) is 0. The van der Waals surface area contributed by atoms with Crippen molar-refractivity contribution in [2.24, 2.45) is 5.73 Å². The molecule has 2 aliphatic carbocycles. The van der Waals surface area contributed by atoms with Crippen LogP contribution in [0.1, 0.15) is 59.3 Å². The first-order valence-electron chi connectivity index (χ1n) is 7.92. The van der Waals surface area contributed by atoms with Crippen molar-refractivity contribution in [2.45, 2.75) is 77.0 Å². The average molecular weight is 331 g/mol. The highest BCUT2D eigenvalue weighted by atomic mass is 35.5. The van der Waals surface area contributed by atoms with Crippen LogP contribution in [0.2, 0.25) is 0 Å². The standard InChI is InChI=1S/C11H19NO2.C6H11N.ClH/c1-11(2,3)14-10(13)12-9-7-5-4-6-8-9;7-6-4-2-1-3-5-6;/h4-5,9H,6-8H2,1-3H3,(H,12,13);1-2,6H,3-5,7H2;1H/t9-;6-;/m00./s1. The fraction of sp³-hybridized carbons (Fsp3) is 0.706. The van der Waals surface area contributed by atoms with E-state index < -0.39 is 5.60 Å². The lowest BCUT2D eigenvalue weighted by Crippen LogP contribution is -2.39. The van der Waals surface area contributed by atoms with Gasteiger partial charge in [0, 0.05) is 12.1 Å². The lowest BCUT2D eigenvalue weighted by Gasteiger charge is -2.24. The predicted octanol–water partition coefficient (Wildman–Crippen LogP) is 4.10. The van der Waals surface area contributed by atoms with E-state index in [-0.39, 0.29) is 24.5 Å². The fourth-order valence-electron chi connectivity index (χ4n) is 2.22. The maximum absolute atomic E-state index is 11.4. The molecule has 5 heteroatoms. The summed E-state index contributed by atoms with van der Waals surface area (Å²) < 4.78 is 5.17. The lowest BCUT2D eigenvalue weighted by atomic mass is 10.0. The first-order valence-corrected chi connectivity index (χ1v) is 7.92. The number of carbonyl (C=O) groups excluding carboxylic acids is 1. The van der Waals surface area contributed by atoms with Crippen molar-refractivity contribution in [3.63, 3.8) is 0 Å².